The Labute approximate surface area is 161 Å². The summed E-state index contributed by atoms with van der Waals surface area (Å²) < 4.78 is 43.1. The number of nitrogens with two attached hydrogens (primary N) is 1. The van der Waals surface area contributed by atoms with Gasteiger partial charge in [0.25, 0.3) is 0 Å². The van der Waals surface area contributed by atoms with Crippen LogP contribution >= 0.6 is 0 Å². The van der Waals surface area contributed by atoms with Crippen molar-refractivity contribution < 1.29 is 22.7 Å². The molecule has 0 bridgehead atoms. The zero-order valence-electron chi connectivity index (χ0n) is 15.3. The summed E-state index contributed by atoms with van der Waals surface area (Å²) in [5, 5.41) is 3.89. The Morgan fingerprint density at radius 3 is 2.46 bits per heavy atom. The molecule has 0 radical (unpaired) electrons. The number of oxime groups is 1. The molecule has 0 atom stereocenters. The van der Waals surface area contributed by atoms with E-state index in [1.54, 1.807) is 0 Å². The van der Waals surface area contributed by atoms with E-state index in [4.69, 9.17) is 15.3 Å². The standard InChI is InChI=1S/C20H22F3N3O2/c21-20(22,23)18-6-4-15(5-7-18)14-28-25-19(24)17-3-1-2-16(12-17)13-26-8-10-27-11-9-26/h1-7,12H,8-11,13-14H2,(H2,24,25). The third kappa shape index (κ3) is 5.71. The van der Waals surface area contributed by atoms with E-state index in [0.29, 0.717) is 5.56 Å². The van der Waals surface area contributed by atoms with Gasteiger partial charge in [-0.15, -0.1) is 0 Å². The number of amidine groups is 1. The van der Waals surface area contributed by atoms with E-state index in [1.807, 2.05) is 24.3 Å². The second-order valence-corrected chi connectivity index (χ2v) is 6.53. The molecule has 8 heteroatoms. The van der Waals surface area contributed by atoms with E-state index in [0.717, 1.165) is 56.1 Å². The summed E-state index contributed by atoms with van der Waals surface area (Å²) in [5.74, 6) is 0.218. The summed E-state index contributed by atoms with van der Waals surface area (Å²) in [6, 6.07) is 12.5. The van der Waals surface area contributed by atoms with Crippen LogP contribution in [0.1, 0.15) is 22.3 Å². The fourth-order valence-electron chi connectivity index (χ4n) is 2.87. The third-order valence-corrected chi connectivity index (χ3v) is 4.41. The second-order valence-electron chi connectivity index (χ2n) is 6.53. The van der Waals surface area contributed by atoms with Crippen molar-refractivity contribution in [3.63, 3.8) is 0 Å². The normalized spacial score (nSPS) is 16.2. The van der Waals surface area contributed by atoms with Crippen molar-refractivity contribution in [2.75, 3.05) is 26.3 Å². The molecule has 1 heterocycles. The molecule has 2 aromatic rings. The molecule has 1 aliphatic rings. The summed E-state index contributed by atoms with van der Waals surface area (Å²) in [6.07, 6.45) is -4.35. The Kier molecular flexibility index (Phi) is 6.53. The van der Waals surface area contributed by atoms with Crippen molar-refractivity contribution >= 4 is 5.84 Å². The highest BCUT2D eigenvalue weighted by atomic mass is 19.4. The number of alkyl halides is 3. The predicted octanol–water partition coefficient (Wildman–Crippen LogP) is 3.37. The molecular formula is C20H22F3N3O2. The van der Waals surface area contributed by atoms with Gasteiger partial charge in [-0.1, -0.05) is 35.5 Å². The lowest BCUT2D eigenvalue weighted by Gasteiger charge is -2.26. The molecule has 1 fully saturated rings. The average Bonchev–Trinajstić information content (AvgIpc) is 2.68. The molecule has 3 rings (SSSR count). The van der Waals surface area contributed by atoms with Gasteiger partial charge in [0.15, 0.2) is 5.84 Å². The van der Waals surface area contributed by atoms with Crippen LogP contribution < -0.4 is 5.73 Å². The monoisotopic (exact) mass is 393 g/mol. The van der Waals surface area contributed by atoms with Gasteiger partial charge in [0.05, 0.1) is 18.8 Å². The maximum atomic E-state index is 12.6. The number of hydrogen-bond acceptors (Lipinski definition) is 4. The van der Waals surface area contributed by atoms with E-state index >= 15 is 0 Å². The van der Waals surface area contributed by atoms with E-state index in [1.165, 1.54) is 12.1 Å². The predicted molar refractivity (Wildman–Crippen MR) is 99.5 cm³/mol. The molecule has 1 saturated heterocycles. The molecule has 0 amide bonds. The van der Waals surface area contributed by atoms with Gasteiger partial charge in [0, 0.05) is 25.2 Å². The highest BCUT2D eigenvalue weighted by Crippen LogP contribution is 2.29. The topological polar surface area (TPSA) is 60.1 Å². The van der Waals surface area contributed by atoms with Crippen LogP contribution in [0.25, 0.3) is 0 Å². The molecule has 0 saturated carbocycles. The second kappa shape index (κ2) is 9.07. The highest BCUT2D eigenvalue weighted by Gasteiger charge is 2.29. The molecular weight excluding hydrogens is 371 g/mol. The van der Waals surface area contributed by atoms with Crippen LogP contribution in [-0.4, -0.2) is 37.0 Å². The molecule has 150 valence electrons. The number of rotatable bonds is 6. The lowest BCUT2D eigenvalue weighted by atomic mass is 10.1. The zero-order valence-corrected chi connectivity index (χ0v) is 15.3. The van der Waals surface area contributed by atoms with Crippen molar-refractivity contribution in [3.05, 3.63) is 70.8 Å². The third-order valence-electron chi connectivity index (χ3n) is 4.41. The van der Waals surface area contributed by atoms with Gasteiger partial charge in [-0.25, -0.2) is 0 Å². The van der Waals surface area contributed by atoms with Crippen molar-refractivity contribution in [1.82, 2.24) is 4.90 Å². The molecule has 5 nitrogen and oxygen atoms in total. The van der Waals surface area contributed by atoms with E-state index < -0.39 is 11.7 Å². The maximum absolute atomic E-state index is 12.6. The molecule has 1 aliphatic heterocycles. The highest BCUT2D eigenvalue weighted by molar-refractivity contribution is 5.97. The summed E-state index contributed by atoms with van der Waals surface area (Å²) in [4.78, 5) is 7.51. The van der Waals surface area contributed by atoms with Crippen LogP contribution in [0.2, 0.25) is 0 Å². The smallest absolute Gasteiger partial charge is 0.389 e. The number of halogens is 3. The Morgan fingerprint density at radius 2 is 1.79 bits per heavy atom. The summed E-state index contributed by atoms with van der Waals surface area (Å²) >= 11 is 0. The number of benzene rings is 2. The Bertz CT molecular complexity index is 801. The van der Waals surface area contributed by atoms with Gasteiger partial charge in [-0.2, -0.15) is 13.2 Å². The maximum Gasteiger partial charge on any atom is 0.416 e. The van der Waals surface area contributed by atoms with E-state index in [2.05, 4.69) is 10.1 Å². The molecule has 2 aromatic carbocycles. The molecule has 2 N–H and O–H groups in total. The fourth-order valence-corrected chi connectivity index (χ4v) is 2.87. The van der Waals surface area contributed by atoms with Gasteiger partial charge in [-0.3, -0.25) is 4.90 Å². The van der Waals surface area contributed by atoms with Crippen molar-refractivity contribution in [3.8, 4) is 0 Å². The van der Waals surface area contributed by atoms with Crippen molar-refractivity contribution in [2.45, 2.75) is 19.3 Å². The lowest BCUT2D eigenvalue weighted by Crippen LogP contribution is -2.35. The zero-order chi connectivity index (χ0) is 20.0. The molecule has 28 heavy (non-hydrogen) atoms. The first kappa shape index (κ1) is 20.2. The van der Waals surface area contributed by atoms with Gasteiger partial charge >= 0.3 is 6.18 Å². The largest absolute Gasteiger partial charge is 0.416 e. The minimum absolute atomic E-state index is 0.0340. The molecule has 0 aromatic heterocycles. The van der Waals surface area contributed by atoms with Crippen LogP contribution in [0.15, 0.2) is 53.7 Å². The van der Waals surface area contributed by atoms with E-state index in [-0.39, 0.29) is 12.4 Å². The van der Waals surface area contributed by atoms with Gasteiger partial charge < -0.3 is 15.3 Å². The van der Waals surface area contributed by atoms with Crippen LogP contribution in [0.5, 0.6) is 0 Å². The Morgan fingerprint density at radius 1 is 1.07 bits per heavy atom. The SMILES string of the molecule is N/C(=N/OCc1ccc(C(F)(F)F)cc1)c1cccc(CN2CCOCC2)c1. The average molecular weight is 393 g/mol. The van der Waals surface area contributed by atoms with E-state index in [9.17, 15) is 13.2 Å². The number of nitrogens with zero attached hydrogens (tertiary/aromatic N) is 2. The summed E-state index contributed by atoms with van der Waals surface area (Å²) in [7, 11) is 0. The minimum Gasteiger partial charge on any atom is -0.389 e. The van der Waals surface area contributed by atoms with Crippen LogP contribution in [0.3, 0.4) is 0 Å². The lowest BCUT2D eigenvalue weighted by molar-refractivity contribution is -0.137. The van der Waals surface area contributed by atoms with Gasteiger partial charge in [-0.05, 0) is 29.3 Å². The van der Waals surface area contributed by atoms with Gasteiger partial charge in [0.2, 0.25) is 0 Å². The van der Waals surface area contributed by atoms with Crippen molar-refractivity contribution in [2.24, 2.45) is 10.9 Å². The fraction of sp³-hybridized carbons (Fsp3) is 0.350. The van der Waals surface area contributed by atoms with Crippen molar-refractivity contribution in [1.29, 1.82) is 0 Å². The first-order valence-corrected chi connectivity index (χ1v) is 8.93. The van der Waals surface area contributed by atoms with Crippen LogP contribution in [0.4, 0.5) is 13.2 Å². The molecule has 0 spiro atoms. The first-order chi connectivity index (χ1) is 13.4. The Balaban J connectivity index is 1.56. The molecule has 0 aliphatic carbocycles. The van der Waals surface area contributed by atoms with Crippen LogP contribution in [-0.2, 0) is 28.9 Å². The summed E-state index contributed by atoms with van der Waals surface area (Å²) in [5.41, 5.74) is 7.71. The van der Waals surface area contributed by atoms with Crippen LogP contribution in [0, 0.1) is 0 Å². The summed E-state index contributed by atoms with van der Waals surface area (Å²) in [6.45, 7) is 4.10. The molecule has 0 unspecified atom stereocenters. The number of ether oxygens (including phenoxy) is 1. The quantitative estimate of drug-likeness (QED) is 0.464. The Hall–Kier alpha value is -2.58. The number of morpholine rings is 1. The first-order valence-electron chi connectivity index (χ1n) is 8.93. The number of hydrogen-bond donors (Lipinski definition) is 1. The minimum atomic E-state index is -4.35. The van der Waals surface area contributed by atoms with Gasteiger partial charge in [0.1, 0.15) is 6.61 Å².